The number of aromatic nitrogens is 2. The molecule has 178 valence electrons. The molecule has 1 atom stereocenters. The Morgan fingerprint density at radius 1 is 1.21 bits per heavy atom. The van der Waals surface area contributed by atoms with Gasteiger partial charge in [0.1, 0.15) is 23.1 Å². The number of carbonyl (C=O) groups excluding carboxylic acids is 2. The van der Waals surface area contributed by atoms with Crippen LogP contribution in [-0.4, -0.2) is 40.7 Å². The van der Waals surface area contributed by atoms with Crippen molar-refractivity contribution < 1.29 is 23.1 Å². The molecular formula is C24H25F2N5O3. The number of hydrogen-bond donors (Lipinski definition) is 3. The Labute approximate surface area is 194 Å². The van der Waals surface area contributed by atoms with Crippen LogP contribution in [0, 0.1) is 6.92 Å². The summed E-state index contributed by atoms with van der Waals surface area (Å²) in [5.74, 6) is -4.38. The van der Waals surface area contributed by atoms with E-state index in [2.05, 4.69) is 10.4 Å². The zero-order chi connectivity index (χ0) is 24.5. The first-order valence-electron chi connectivity index (χ1n) is 10.8. The fourth-order valence-electron chi connectivity index (χ4n) is 3.96. The number of ether oxygens (including phenoxy) is 1. The van der Waals surface area contributed by atoms with Crippen LogP contribution in [0.25, 0.3) is 11.3 Å². The van der Waals surface area contributed by atoms with E-state index in [-0.39, 0.29) is 42.7 Å². The van der Waals surface area contributed by atoms with Gasteiger partial charge in [-0.15, -0.1) is 0 Å². The van der Waals surface area contributed by atoms with E-state index in [0.29, 0.717) is 11.1 Å². The number of primary amides is 1. The molecule has 8 nitrogen and oxygen atoms in total. The molecule has 0 saturated carbocycles. The van der Waals surface area contributed by atoms with Crippen LogP contribution in [0.1, 0.15) is 44.3 Å². The highest BCUT2D eigenvalue weighted by molar-refractivity contribution is 6.03. The average molecular weight is 469 g/mol. The van der Waals surface area contributed by atoms with Gasteiger partial charge < -0.3 is 21.5 Å². The lowest BCUT2D eigenvalue weighted by atomic mass is 10.0. The molecule has 0 bridgehead atoms. The van der Waals surface area contributed by atoms with Crippen molar-refractivity contribution in [3.63, 3.8) is 0 Å². The van der Waals surface area contributed by atoms with Gasteiger partial charge in [-0.1, -0.05) is 42.5 Å². The number of nitrogens with one attached hydrogen (secondary N) is 1. The smallest absolute Gasteiger partial charge is 0.274 e. The summed E-state index contributed by atoms with van der Waals surface area (Å²) >= 11 is 0. The number of hydrogen-bond acceptors (Lipinski definition) is 5. The number of alkyl halides is 2. The zero-order valence-corrected chi connectivity index (χ0v) is 18.6. The molecule has 2 amide bonds. The Balaban J connectivity index is 1.57. The van der Waals surface area contributed by atoms with Gasteiger partial charge in [0.25, 0.3) is 17.7 Å². The van der Waals surface area contributed by atoms with E-state index in [9.17, 15) is 18.4 Å². The summed E-state index contributed by atoms with van der Waals surface area (Å²) in [6.07, 6.45) is -0.471. The summed E-state index contributed by atoms with van der Waals surface area (Å²) in [5.41, 5.74) is 14.3. The zero-order valence-electron chi connectivity index (χ0n) is 18.6. The van der Waals surface area contributed by atoms with Gasteiger partial charge in [-0.05, 0) is 24.1 Å². The van der Waals surface area contributed by atoms with Gasteiger partial charge in [0.2, 0.25) is 0 Å². The largest absolute Gasteiger partial charge is 0.383 e. The number of carbonyl (C=O) groups is 2. The number of anilines is 1. The molecule has 10 heteroatoms. The van der Waals surface area contributed by atoms with Crippen LogP contribution in [0.2, 0.25) is 0 Å². The highest BCUT2D eigenvalue weighted by Gasteiger charge is 2.45. The predicted molar refractivity (Wildman–Crippen MR) is 122 cm³/mol. The van der Waals surface area contributed by atoms with Crippen molar-refractivity contribution in [1.82, 2.24) is 15.1 Å². The molecule has 1 aromatic heterocycles. The third-order valence-electron chi connectivity index (χ3n) is 5.90. The molecule has 2 heterocycles. The van der Waals surface area contributed by atoms with E-state index in [1.54, 1.807) is 36.4 Å². The van der Waals surface area contributed by atoms with Gasteiger partial charge in [-0.2, -0.15) is 5.10 Å². The third-order valence-corrected chi connectivity index (χ3v) is 5.90. The van der Waals surface area contributed by atoms with E-state index < -0.39 is 24.3 Å². The quantitative estimate of drug-likeness (QED) is 0.512. The lowest BCUT2D eigenvalue weighted by Gasteiger charge is -2.31. The number of amides is 2. The standard InChI is InChI=1S/C24H25F2N5O3/c1-14-4-2-3-5-17(14)23(33)29-12-15-6-8-16(9-7-15)20-19(22(28)32)21(27)31(30-20)18-13-34-11-10-24(18,25)26/h2-9,18H,10-13,27H2,1H3,(H2,28,32)(H,29,33). The Hall–Kier alpha value is -3.79. The van der Waals surface area contributed by atoms with Crippen LogP contribution in [0.3, 0.4) is 0 Å². The van der Waals surface area contributed by atoms with Gasteiger partial charge in [0.15, 0.2) is 0 Å². The summed E-state index contributed by atoms with van der Waals surface area (Å²) in [6.45, 7) is 1.79. The van der Waals surface area contributed by atoms with Crippen molar-refractivity contribution in [3.8, 4) is 11.3 Å². The molecule has 5 N–H and O–H groups in total. The maximum Gasteiger partial charge on any atom is 0.274 e. The molecule has 1 saturated heterocycles. The number of aryl methyl sites for hydroxylation is 1. The minimum absolute atomic E-state index is 0.0674. The number of benzene rings is 2. The van der Waals surface area contributed by atoms with Crippen LogP contribution < -0.4 is 16.8 Å². The molecule has 0 radical (unpaired) electrons. The van der Waals surface area contributed by atoms with Crippen molar-refractivity contribution in [3.05, 3.63) is 70.8 Å². The Kier molecular flexibility index (Phi) is 6.34. The third kappa shape index (κ3) is 4.49. The maximum absolute atomic E-state index is 14.5. The van der Waals surface area contributed by atoms with E-state index in [1.807, 2.05) is 19.1 Å². The van der Waals surface area contributed by atoms with Crippen molar-refractivity contribution in [2.24, 2.45) is 5.73 Å². The molecule has 34 heavy (non-hydrogen) atoms. The fraction of sp³-hybridized carbons (Fsp3) is 0.292. The first kappa shape index (κ1) is 23.4. The molecule has 1 unspecified atom stereocenters. The van der Waals surface area contributed by atoms with Gasteiger partial charge in [-0.25, -0.2) is 13.5 Å². The fourth-order valence-corrected chi connectivity index (χ4v) is 3.96. The summed E-state index contributed by atoms with van der Waals surface area (Å²) in [4.78, 5) is 24.5. The maximum atomic E-state index is 14.5. The van der Waals surface area contributed by atoms with E-state index in [0.717, 1.165) is 15.8 Å². The molecule has 3 aromatic rings. The summed E-state index contributed by atoms with van der Waals surface area (Å²) < 4.78 is 35.1. The second-order valence-electron chi connectivity index (χ2n) is 8.21. The van der Waals surface area contributed by atoms with Crippen LogP contribution in [-0.2, 0) is 11.3 Å². The second kappa shape index (κ2) is 9.22. The average Bonchev–Trinajstić information content (AvgIpc) is 3.14. The molecule has 4 rings (SSSR count). The van der Waals surface area contributed by atoms with E-state index in [4.69, 9.17) is 16.2 Å². The van der Waals surface area contributed by atoms with E-state index in [1.165, 1.54) is 0 Å². The summed E-state index contributed by atoms with van der Waals surface area (Å²) in [7, 11) is 0. The molecule has 0 aliphatic carbocycles. The van der Waals surface area contributed by atoms with Gasteiger partial charge in [0.05, 0.1) is 13.2 Å². The lowest BCUT2D eigenvalue weighted by molar-refractivity contribution is -0.135. The Morgan fingerprint density at radius 3 is 2.56 bits per heavy atom. The van der Waals surface area contributed by atoms with Gasteiger partial charge in [-0.3, -0.25) is 9.59 Å². The highest BCUT2D eigenvalue weighted by atomic mass is 19.3. The van der Waals surface area contributed by atoms with E-state index >= 15 is 0 Å². The van der Waals surface area contributed by atoms with Crippen LogP contribution in [0.15, 0.2) is 48.5 Å². The molecular weight excluding hydrogens is 444 g/mol. The predicted octanol–water partition coefficient (Wildman–Crippen LogP) is 3.07. The Morgan fingerprint density at radius 2 is 1.91 bits per heavy atom. The van der Waals surface area contributed by atoms with Crippen LogP contribution >= 0.6 is 0 Å². The first-order valence-corrected chi connectivity index (χ1v) is 10.8. The number of nitrogen functional groups attached to an aromatic ring is 1. The van der Waals surface area contributed by atoms with Gasteiger partial charge >= 0.3 is 0 Å². The van der Waals surface area contributed by atoms with Gasteiger partial charge in [0, 0.05) is 24.1 Å². The number of nitrogens with two attached hydrogens (primary N) is 2. The van der Waals surface area contributed by atoms with Crippen molar-refractivity contribution in [2.45, 2.75) is 31.9 Å². The molecule has 1 aliphatic heterocycles. The van der Waals surface area contributed by atoms with Crippen molar-refractivity contribution in [2.75, 3.05) is 18.9 Å². The monoisotopic (exact) mass is 469 g/mol. The molecule has 1 aliphatic rings. The molecule has 2 aromatic carbocycles. The van der Waals surface area contributed by atoms with Crippen LogP contribution in [0.4, 0.5) is 14.6 Å². The minimum atomic E-state index is -3.09. The summed E-state index contributed by atoms with van der Waals surface area (Å²) in [6, 6.07) is 12.7. The number of nitrogens with zero attached hydrogens (tertiary/aromatic N) is 2. The Bertz CT molecular complexity index is 1220. The minimum Gasteiger partial charge on any atom is -0.383 e. The normalized spacial score (nSPS) is 17.3. The number of rotatable bonds is 6. The topological polar surface area (TPSA) is 125 Å². The SMILES string of the molecule is Cc1ccccc1C(=O)NCc1ccc(-c2nn(C3COCCC3(F)F)c(N)c2C(N)=O)cc1. The highest BCUT2D eigenvalue weighted by Crippen LogP contribution is 2.39. The van der Waals surface area contributed by atoms with Crippen molar-refractivity contribution >= 4 is 17.6 Å². The van der Waals surface area contributed by atoms with Crippen LogP contribution in [0.5, 0.6) is 0 Å². The lowest BCUT2D eigenvalue weighted by Crippen LogP contribution is -2.40. The molecule has 1 fully saturated rings. The first-order chi connectivity index (χ1) is 16.2. The summed E-state index contributed by atoms with van der Waals surface area (Å²) in [5, 5.41) is 7.10. The van der Waals surface area contributed by atoms with Crippen molar-refractivity contribution in [1.29, 1.82) is 0 Å². The second-order valence-corrected chi connectivity index (χ2v) is 8.21. The number of halogens is 2. The molecule has 0 spiro atoms.